The average Bonchev–Trinajstić information content (AvgIpc) is 3.13. The number of benzene rings is 1. The number of amides is 1. The molecule has 1 aromatic heterocycles. The molecule has 1 aromatic carbocycles. The van der Waals surface area contributed by atoms with Gasteiger partial charge in [-0.2, -0.15) is 0 Å². The number of hydrogen-bond donors (Lipinski definition) is 0. The lowest BCUT2D eigenvalue weighted by Gasteiger charge is -2.34. The van der Waals surface area contributed by atoms with E-state index in [1.807, 2.05) is 36.1 Å². The molecule has 0 spiro atoms. The van der Waals surface area contributed by atoms with E-state index in [4.69, 9.17) is 14.2 Å². The molecule has 7 heteroatoms. The molecule has 1 fully saturated rings. The first-order valence-corrected chi connectivity index (χ1v) is 9.75. The molecule has 27 heavy (non-hydrogen) atoms. The minimum atomic E-state index is 0.136. The van der Waals surface area contributed by atoms with Crippen LogP contribution < -0.4 is 14.2 Å². The highest BCUT2D eigenvalue weighted by molar-refractivity contribution is 7.13. The summed E-state index contributed by atoms with van der Waals surface area (Å²) in [7, 11) is 4.86. The van der Waals surface area contributed by atoms with Crippen LogP contribution in [-0.2, 0) is 6.54 Å². The van der Waals surface area contributed by atoms with Crippen LogP contribution in [0.25, 0.3) is 0 Å². The largest absolute Gasteiger partial charge is 0.493 e. The molecular formula is C20H26N2O4S. The molecule has 0 aliphatic carbocycles. The predicted molar refractivity (Wildman–Crippen MR) is 106 cm³/mol. The quantitative estimate of drug-likeness (QED) is 0.759. The molecule has 146 valence electrons. The molecule has 1 aliphatic rings. The summed E-state index contributed by atoms with van der Waals surface area (Å²) in [6.07, 6.45) is 0. The summed E-state index contributed by atoms with van der Waals surface area (Å²) in [4.78, 5) is 18.9. The number of rotatable bonds is 6. The van der Waals surface area contributed by atoms with Gasteiger partial charge in [0.2, 0.25) is 5.75 Å². The van der Waals surface area contributed by atoms with Gasteiger partial charge in [0.1, 0.15) is 0 Å². The molecule has 2 aromatic rings. The first kappa shape index (κ1) is 19.5. The van der Waals surface area contributed by atoms with Crippen LogP contribution in [-0.4, -0.2) is 63.2 Å². The molecule has 0 atom stereocenters. The fraction of sp³-hybridized carbons (Fsp3) is 0.450. The van der Waals surface area contributed by atoms with E-state index in [1.54, 1.807) is 32.7 Å². The molecule has 0 bridgehead atoms. The van der Waals surface area contributed by atoms with Crippen LogP contribution in [0.15, 0.2) is 24.3 Å². The summed E-state index contributed by atoms with van der Waals surface area (Å²) in [5, 5.41) is 0. The number of thiophene rings is 1. The normalized spacial score (nSPS) is 14.9. The minimum absolute atomic E-state index is 0.136. The number of carbonyl (C=O) groups excluding carboxylic acids is 1. The van der Waals surface area contributed by atoms with Crippen LogP contribution in [0.4, 0.5) is 0 Å². The van der Waals surface area contributed by atoms with Crippen LogP contribution >= 0.6 is 11.3 Å². The molecule has 1 saturated heterocycles. The van der Waals surface area contributed by atoms with Crippen molar-refractivity contribution < 1.29 is 19.0 Å². The number of piperazine rings is 1. The number of nitrogens with zero attached hydrogens (tertiary/aromatic N) is 2. The van der Waals surface area contributed by atoms with Crippen molar-refractivity contribution in [1.29, 1.82) is 0 Å². The number of hydrogen-bond acceptors (Lipinski definition) is 6. The molecule has 3 rings (SSSR count). The van der Waals surface area contributed by atoms with E-state index in [2.05, 4.69) is 4.90 Å². The summed E-state index contributed by atoms with van der Waals surface area (Å²) in [5.74, 6) is 2.10. The molecule has 6 nitrogen and oxygen atoms in total. The van der Waals surface area contributed by atoms with Gasteiger partial charge in [-0.15, -0.1) is 11.3 Å². The monoisotopic (exact) mass is 390 g/mol. The van der Waals surface area contributed by atoms with Crippen molar-refractivity contribution in [2.75, 3.05) is 47.5 Å². The molecule has 2 heterocycles. The molecule has 0 unspecified atom stereocenters. The fourth-order valence-electron chi connectivity index (χ4n) is 3.34. The Kier molecular flexibility index (Phi) is 6.23. The van der Waals surface area contributed by atoms with Gasteiger partial charge in [0.05, 0.1) is 26.2 Å². The molecule has 1 aliphatic heterocycles. The highest BCUT2D eigenvalue weighted by Gasteiger charge is 2.24. The summed E-state index contributed by atoms with van der Waals surface area (Å²) in [5.41, 5.74) is 1.05. The van der Waals surface area contributed by atoms with E-state index >= 15 is 0 Å². The summed E-state index contributed by atoms with van der Waals surface area (Å²) < 4.78 is 16.4. The van der Waals surface area contributed by atoms with E-state index in [1.165, 1.54) is 0 Å². The van der Waals surface area contributed by atoms with Gasteiger partial charge in [0.15, 0.2) is 11.5 Å². The van der Waals surface area contributed by atoms with Crippen molar-refractivity contribution in [2.45, 2.75) is 13.5 Å². The second kappa shape index (κ2) is 8.63. The zero-order chi connectivity index (χ0) is 19.4. The number of aryl methyl sites for hydroxylation is 1. The van der Waals surface area contributed by atoms with Gasteiger partial charge in [0.25, 0.3) is 5.91 Å². The van der Waals surface area contributed by atoms with Crippen molar-refractivity contribution in [3.05, 3.63) is 39.6 Å². The zero-order valence-electron chi connectivity index (χ0n) is 16.3. The Morgan fingerprint density at radius 2 is 1.67 bits per heavy atom. The lowest BCUT2D eigenvalue weighted by molar-refractivity contribution is 0.0632. The molecule has 1 amide bonds. The highest BCUT2D eigenvalue weighted by atomic mass is 32.1. The van der Waals surface area contributed by atoms with Gasteiger partial charge in [-0.3, -0.25) is 9.69 Å². The van der Waals surface area contributed by atoms with Gasteiger partial charge < -0.3 is 19.1 Å². The smallest absolute Gasteiger partial charge is 0.264 e. The zero-order valence-corrected chi connectivity index (χ0v) is 17.1. The number of ether oxygens (including phenoxy) is 3. The Bertz CT molecular complexity index is 797. The Morgan fingerprint density at radius 1 is 0.963 bits per heavy atom. The van der Waals surface area contributed by atoms with Crippen molar-refractivity contribution in [1.82, 2.24) is 9.80 Å². The standard InChI is InChI=1S/C20H26N2O4S/c1-14-5-8-17(27-14)20(23)22-11-9-21(10-12-22)13-15-6-7-16(24-2)19(26-4)18(15)25-3/h5-8H,9-13H2,1-4H3. The van der Waals surface area contributed by atoms with Crippen LogP contribution in [0.3, 0.4) is 0 Å². The van der Waals surface area contributed by atoms with E-state index in [0.717, 1.165) is 48.0 Å². The van der Waals surface area contributed by atoms with Crippen molar-refractivity contribution in [3.63, 3.8) is 0 Å². The van der Waals surface area contributed by atoms with E-state index in [9.17, 15) is 4.79 Å². The Balaban J connectivity index is 1.65. The second-order valence-corrected chi connectivity index (χ2v) is 7.76. The van der Waals surface area contributed by atoms with Gasteiger partial charge in [-0.25, -0.2) is 0 Å². The Labute approximate surface area is 164 Å². The van der Waals surface area contributed by atoms with Crippen LogP contribution in [0.5, 0.6) is 17.2 Å². The van der Waals surface area contributed by atoms with Crippen molar-refractivity contribution >= 4 is 17.2 Å². The van der Waals surface area contributed by atoms with Crippen LogP contribution in [0, 0.1) is 6.92 Å². The SMILES string of the molecule is COc1ccc(CN2CCN(C(=O)c3ccc(C)s3)CC2)c(OC)c1OC. The van der Waals surface area contributed by atoms with Crippen molar-refractivity contribution in [2.24, 2.45) is 0 Å². The Morgan fingerprint density at radius 3 is 2.22 bits per heavy atom. The maximum atomic E-state index is 12.6. The summed E-state index contributed by atoms with van der Waals surface area (Å²) >= 11 is 1.56. The number of carbonyl (C=O) groups is 1. The summed E-state index contributed by atoms with van der Waals surface area (Å²) in [6, 6.07) is 7.82. The Hall–Kier alpha value is -2.25. The minimum Gasteiger partial charge on any atom is -0.493 e. The third-order valence-corrected chi connectivity index (χ3v) is 5.78. The molecule has 0 N–H and O–H groups in total. The fourth-order valence-corrected chi connectivity index (χ4v) is 4.18. The lowest BCUT2D eigenvalue weighted by Crippen LogP contribution is -2.48. The van der Waals surface area contributed by atoms with Crippen LogP contribution in [0.2, 0.25) is 0 Å². The van der Waals surface area contributed by atoms with Gasteiger partial charge in [0, 0.05) is 43.2 Å². The van der Waals surface area contributed by atoms with E-state index in [-0.39, 0.29) is 5.91 Å². The topological polar surface area (TPSA) is 51.2 Å². The maximum Gasteiger partial charge on any atom is 0.264 e. The van der Waals surface area contributed by atoms with Crippen LogP contribution in [0.1, 0.15) is 20.1 Å². The lowest BCUT2D eigenvalue weighted by atomic mass is 10.1. The first-order chi connectivity index (χ1) is 13.1. The molecule has 0 saturated carbocycles. The molecular weight excluding hydrogens is 364 g/mol. The second-order valence-electron chi connectivity index (χ2n) is 6.47. The maximum absolute atomic E-state index is 12.6. The van der Waals surface area contributed by atoms with Gasteiger partial charge >= 0.3 is 0 Å². The van der Waals surface area contributed by atoms with Gasteiger partial charge in [-0.1, -0.05) is 6.07 Å². The summed E-state index contributed by atoms with van der Waals surface area (Å²) in [6.45, 7) is 5.87. The predicted octanol–water partition coefficient (Wildman–Crippen LogP) is 3.04. The highest BCUT2D eigenvalue weighted by Crippen LogP contribution is 2.40. The third-order valence-electron chi connectivity index (χ3n) is 4.79. The average molecular weight is 391 g/mol. The van der Waals surface area contributed by atoms with E-state index < -0.39 is 0 Å². The van der Waals surface area contributed by atoms with Gasteiger partial charge in [-0.05, 0) is 25.1 Å². The molecule has 0 radical (unpaired) electrons. The first-order valence-electron chi connectivity index (χ1n) is 8.93. The van der Waals surface area contributed by atoms with E-state index in [0.29, 0.717) is 17.2 Å². The van der Waals surface area contributed by atoms with Crippen molar-refractivity contribution in [3.8, 4) is 17.2 Å². The number of methoxy groups -OCH3 is 3. The third kappa shape index (κ3) is 4.20.